The third-order valence-electron chi connectivity index (χ3n) is 6.04. The molecule has 0 saturated carbocycles. The van der Waals surface area contributed by atoms with Crippen LogP contribution in [0.1, 0.15) is 23.6 Å². The minimum atomic E-state index is -3.99. The molecule has 0 aliphatic carbocycles. The molecule has 0 saturated heterocycles. The van der Waals surface area contributed by atoms with Gasteiger partial charge in [-0.2, -0.15) is 9.82 Å². The number of ether oxygens (including phenoxy) is 2. The van der Waals surface area contributed by atoms with Gasteiger partial charge in [0.15, 0.2) is 11.5 Å². The van der Waals surface area contributed by atoms with E-state index in [1.165, 1.54) is 18.3 Å². The number of hydrazone groups is 1. The van der Waals surface area contributed by atoms with Gasteiger partial charge >= 0.3 is 0 Å². The molecular weight excluding hydrogens is 724 g/mol. The zero-order valence-corrected chi connectivity index (χ0v) is 27.5. The van der Waals surface area contributed by atoms with E-state index in [-0.39, 0.29) is 17.9 Å². The highest BCUT2D eigenvalue weighted by Gasteiger charge is 2.26. The monoisotopic (exact) mass is 751 g/mol. The lowest BCUT2D eigenvalue weighted by Crippen LogP contribution is -2.46. The maximum atomic E-state index is 13.2. The van der Waals surface area contributed by atoms with Crippen molar-refractivity contribution in [1.82, 2.24) is 10.1 Å². The zero-order valence-electron chi connectivity index (χ0n) is 23.0. The molecule has 0 radical (unpaired) electrons. The number of nitrogens with zero attached hydrogens (tertiary/aromatic N) is 1. The average molecular weight is 752 g/mol. The maximum absolute atomic E-state index is 13.2. The fraction of sp³-hybridized carbons (Fsp3) is 0.161. The number of benzene rings is 4. The van der Waals surface area contributed by atoms with Gasteiger partial charge < -0.3 is 9.47 Å². The molecule has 0 heterocycles. The van der Waals surface area contributed by atoms with Crippen LogP contribution in [-0.4, -0.2) is 33.2 Å². The molecule has 0 aliphatic rings. The van der Waals surface area contributed by atoms with Crippen molar-refractivity contribution in [2.75, 3.05) is 6.61 Å². The number of nitrogens with one attached hydrogen (secondary N) is 2. The Bertz CT molecular complexity index is 1670. The molecule has 12 heteroatoms. The van der Waals surface area contributed by atoms with E-state index in [9.17, 15) is 13.2 Å². The van der Waals surface area contributed by atoms with E-state index in [4.69, 9.17) is 32.7 Å². The molecule has 0 unspecified atom stereocenters. The summed E-state index contributed by atoms with van der Waals surface area (Å²) in [7, 11) is -3.99. The zero-order chi connectivity index (χ0) is 30.8. The van der Waals surface area contributed by atoms with Crippen molar-refractivity contribution < 1.29 is 22.7 Å². The number of rotatable bonds is 13. The Kier molecular flexibility index (Phi) is 11.8. The summed E-state index contributed by atoms with van der Waals surface area (Å²) in [6.45, 7) is 2.45. The number of carbonyl (C=O) groups is 1. The second kappa shape index (κ2) is 15.5. The topological polar surface area (TPSA) is 106 Å². The van der Waals surface area contributed by atoms with Gasteiger partial charge in [0, 0.05) is 8.59 Å². The number of amides is 1. The fourth-order valence-electron chi connectivity index (χ4n) is 3.96. The van der Waals surface area contributed by atoms with Crippen LogP contribution < -0.4 is 19.6 Å². The van der Waals surface area contributed by atoms with Crippen LogP contribution in [0.5, 0.6) is 11.5 Å². The third-order valence-corrected chi connectivity index (χ3v) is 8.78. The quantitative estimate of drug-likeness (QED) is 0.0909. The molecule has 0 spiro atoms. The molecule has 1 amide bonds. The molecule has 0 aromatic heterocycles. The van der Waals surface area contributed by atoms with E-state index in [0.717, 1.165) is 14.7 Å². The summed E-state index contributed by atoms with van der Waals surface area (Å²) in [5.41, 5.74) is 4.66. The average Bonchev–Trinajstić information content (AvgIpc) is 2.98. The summed E-state index contributed by atoms with van der Waals surface area (Å²) in [5.74, 6) is 0.143. The van der Waals surface area contributed by atoms with Gasteiger partial charge in [-0.25, -0.2) is 13.8 Å². The molecule has 1 atom stereocenters. The molecule has 4 aromatic carbocycles. The molecule has 0 aliphatic heterocycles. The minimum Gasteiger partial charge on any atom is -0.490 e. The summed E-state index contributed by atoms with van der Waals surface area (Å²) in [5, 5.41) is 4.98. The standard InChI is InChI=1S/C31H28Cl2IN3O5S/c1-2-41-29-18-23(16-27(33)30(29)42-20-22-8-10-24(32)11-9-22)19-35-36-31(38)28(17-21-6-4-3-5-7-21)37-43(39,40)26-14-12-25(34)13-15-26/h3-16,18-19,28,37H,2,17,20H2,1H3,(H,36,38)/b35-19-/t28-/m0/s1. The van der Waals surface area contributed by atoms with Crippen LogP contribution in [0.2, 0.25) is 10.0 Å². The van der Waals surface area contributed by atoms with Crippen LogP contribution in [0.4, 0.5) is 0 Å². The van der Waals surface area contributed by atoms with E-state index >= 15 is 0 Å². The van der Waals surface area contributed by atoms with Crippen LogP contribution in [0.25, 0.3) is 0 Å². The molecular formula is C31H28Cl2IN3O5S. The molecule has 0 fully saturated rings. The van der Waals surface area contributed by atoms with Crippen molar-refractivity contribution in [3.05, 3.63) is 121 Å². The van der Waals surface area contributed by atoms with Gasteiger partial charge in [0.1, 0.15) is 12.6 Å². The first-order valence-corrected chi connectivity index (χ1v) is 16.4. The van der Waals surface area contributed by atoms with Crippen LogP contribution >= 0.6 is 45.8 Å². The summed E-state index contributed by atoms with van der Waals surface area (Å²) in [6.07, 6.45) is 1.51. The highest BCUT2D eigenvalue weighted by Crippen LogP contribution is 2.37. The molecule has 224 valence electrons. The van der Waals surface area contributed by atoms with Crippen molar-refractivity contribution in [1.29, 1.82) is 0 Å². The van der Waals surface area contributed by atoms with Crippen molar-refractivity contribution in [3.63, 3.8) is 0 Å². The van der Waals surface area contributed by atoms with E-state index in [2.05, 4.69) is 37.8 Å². The first kappa shape index (κ1) is 32.7. The normalized spacial score (nSPS) is 12.2. The Morgan fingerprint density at radius 1 is 0.953 bits per heavy atom. The molecule has 0 bridgehead atoms. The highest BCUT2D eigenvalue weighted by atomic mass is 127. The first-order chi connectivity index (χ1) is 20.6. The van der Waals surface area contributed by atoms with E-state index in [1.54, 1.807) is 36.4 Å². The number of sulfonamides is 1. The number of hydrogen-bond acceptors (Lipinski definition) is 6. The lowest BCUT2D eigenvalue weighted by atomic mass is 10.1. The summed E-state index contributed by atoms with van der Waals surface area (Å²) >= 11 is 14.6. The molecule has 4 rings (SSSR count). The summed E-state index contributed by atoms with van der Waals surface area (Å²) in [6, 6.07) is 24.9. The summed E-state index contributed by atoms with van der Waals surface area (Å²) < 4.78 is 41.3. The van der Waals surface area contributed by atoms with Crippen LogP contribution in [0.15, 0.2) is 101 Å². The number of halogens is 3. The second-order valence-electron chi connectivity index (χ2n) is 9.23. The van der Waals surface area contributed by atoms with Crippen LogP contribution in [0, 0.1) is 3.57 Å². The van der Waals surface area contributed by atoms with Crippen LogP contribution in [0.3, 0.4) is 0 Å². The maximum Gasteiger partial charge on any atom is 0.258 e. The Labute approximate surface area is 274 Å². The number of hydrogen-bond donors (Lipinski definition) is 2. The van der Waals surface area contributed by atoms with Gasteiger partial charge in [0.05, 0.1) is 22.7 Å². The van der Waals surface area contributed by atoms with Gasteiger partial charge in [-0.3, -0.25) is 4.79 Å². The molecule has 4 aromatic rings. The van der Waals surface area contributed by atoms with Gasteiger partial charge in [0.25, 0.3) is 5.91 Å². The Morgan fingerprint density at radius 3 is 2.33 bits per heavy atom. The van der Waals surface area contributed by atoms with Gasteiger partial charge in [0.2, 0.25) is 10.0 Å². The fourth-order valence-corrected chi connectivity index (χ4v) is 5.91. The predicted octanol–water partition coefficient (Wildman–Crippen LogP) is 6.62. The molecule has 43 heavy (non-hydrogen) atoms. The van der Waals surface area contributed by atoms with Gasteiger partial charge in [-0.1, -0.05) is 65.7 Å². The van der Waals surface area contributed by atoms with Crippen molar-refractivity contribution in [2.24, 2.45) is 5.10 Å². The van der Waals surface area contributed by atoms with Gasteiger partial charge in [-0.05, 0) is 101 Å². The highest BCUT2D eigenvalue weighted by molar-refractivity contribution is 14.1. The van der Waals surface area contributed by atoms with Crippen LogP contribution in [-0.2, 0) is 27.8 Å². The lowest BCUT2D eigenvalue weighted by molar-refractivity contribution is -0.122. The molecule has 2 N–H and O–H groups in total. The van der Waals surface area contributed by atoms with Crippen molar-refractivity contribution >= 4 is 67.9 Å². The van der Waals surface area contributed by atoms with Crippen molar-refractivity contribution in [2.45, 2.75) is 30.9 Å². The van der Waals surface area contributed by atoms with E-state index in [0.29, 0.717) is 33.7 Å². The largest absolute Gasteiger partial charge is 0.490 e. The Hall–Kier alpha value is -3.16. The lowest BCUT2D eigenvalue weighted by Gasteiger charge is -2.17. The number of carbonyl (C=O) groups excluding carboxylic acids is 1. The second-order valence-corrected chi connectivity index (χ2v) is 13.0. The van der Waals surface area contributed by atoms with E-state index in [1.807, 2.05) is 49.4 Å². The Morgan fingerprint density at radius 2 is 1.65 bits per heavy atom. The third kappa shape index (κ3) is 9.67. The Balaban J connectivity index is 1.49. The van der Waals surface area contributed by atoms with Gasteiger partial charge in [-0.15, -0.1) is 0 Å². The summed E-state index contributed by atoms with van der Waals surface area (Å²) in [4.78, 5) is 13.3. The van der Waals surface area contributed by atoms with Crippen molar-refractivity contribution in [3.8, 4) is 11.5 Å². The molecule has 8 nitrogen and oxygen atoms in total. The SMILES string of the molecule is CCOc1cc(/C=N\NC(=O)[C@H](Cc2ccccc2)NS(=O)(=O)c2ccc(I)cc2)cc(Cl)c1OCc1ccc(Cl)cc1. The predicted molar refractivity (Wildman–Crippen MR) is 178 cm³/mol. The smallest absolute Gasteiger partial charge is 0.258 e. The van der Waals surface area contributed by atoms with E-state index < -0.39 is 22.0 Å². The first-order valence-electron chi connectivity index (χ1n) is 13.1. The minimum absolute atomic E-state index is 0.0544.